The lowest BCUT2D eigenvalue weighted by Crippen LogP contribution is -2.16. The molecule has 0 bridgehead atoms. The number of nitrogens with one attached hydrogen (secondary N) is 1. The Morgan fingerprint density at radius 3 is 2.81 bits per heavy atom. The molecule has 0 amide bonds. The third-order valence-electron chi connectivity index (χ3n) is 5.42. The van der Waals surface area contributed by atoms with Gasteiger partial charge in [-0.05, 0) is 43.2 Å². The average Bonchev–Trinajstić information content (AvgIpc) is 3.31. The average molecular weight is 365 g/mol. The van der Waals surface area contributed by atoms with Crippen LogP contribution in [0.1, 0.15) is 24.5 Å². The first-order valence-corrected chi connectivity index (χ1v) is 9.15. The van der Waals surface area contributed by atoms with Crippen LogP contribution in [0.4, 0.5) is 4.39 Å². The number of benzene rings is 2. The third kappa shape index (κ3) is 2.68. The summed E-state index contributed by atoms with van der Waals surface area (Å²) >= 11 is 0. The highest BCUT2D eigenvalue weighted by Gasteiger charge is 2.23. The van der Waals surface area contributed by atoms with Crippen LogP contribution in [0.5, 0.6) is 5.75 Å². The van der Waals surface area contributed by atoms with Crippen LogP contribution < -0.4 is 4.74 Å². The highest BCUT2D eigenvalue weighted by Crippen LogP contribution is 2.36. The van der Waals surface area contributed by atoms with Gasteiger partial charge in [0.05, 0.1) is 24.3 Å². The molecule has 138 valence electrons. The summed E-state index contributed by atoms with van der Waals surface area (Å²) in [6.07, 6.45) is 3.79. The van der Waals surface area contributed by atoms with E-state index in [0.717, 1.165) is 53.5 Å². The molecule has 0 spiro atoms. The van der Waals surface area contributed by atoms with Crippen LogP contribution in [0.25, 0.3) is 27.5 Å². The van der Waals surface area contributed by atoms with Crippen LogP contribution in [0.15, 0.2) is 42.6 Å². The molecular formula is C21H20FN3O2. The monoisotopic (exact) mass is 365 g/mol. The molecule has 0 unspecified atom stereocenters. The zero-order valence-electron chi connectivity index (χ0n) is 15.0. The molecule has 0 radical (unpaired) electrons. The van der Waals surface area contributed by atoms with Crippen LogP contribution in [-0.2, 0) is 4.74 Å². The standard InChI is InChI=1S/C21H20FN3O2/c1-26-21-11-16(2-3-17(21)22)25-19(13-4-6-27-7-5-13)9-14-8-18-15(10-20(14)25)12-23-24-18/h2-3,8-13H,4-7H2,1H3,(H,23,24). The number of hydrogen-bond donors (Lipinski definition) is 1. The van der Waals surface area contributed by atoms with E-state index in [0.29, 0.717) is 5.92 Å². The van der Waals surface area contributed by atoms with Gasteiger partial charge < -0.3 is 14.0 Å². The number of rotatable bonds is 3. The van der Waals surface area contributed by atoms with Gasteiger partial charge in [0.15, 0.2) is 11.6 Å². The van der Waals surface area contributed by atoms with Gasteiger partial charge >= 0.3 is 0 Å². The molecule has 1 N–H and O–H groups in total. The van der Waals surface area contributed by atoms with E-state index in [1.54, 1.807) is 12.1 Å². The highest BCUT2D eigenvalue weighted by atomic mass is 19.1. The molecule has 5 rings (SSSR count). The van der Waals surface area contributed by atoms with Crippen molar-refractivity contribution in [2.75, 3.05) is 20.3 Å². The summed E-state index contributed by atoms with van der Waals surface area (Å²) in [5, 5.41) is 9.36. The van der Waals surface area contributed by atoms with E-state index in [1.165, 1.54) is 18.9 Å². The molecule has 1 aliphatic heterocycles. The number of halogens is 1. The van der Waals surface area contributed by atoms with Gasteiger partial charge in [-0.25, -0.2) is 4.39 Å². The molecule has 0 atom stereocenters. The van der Waals surface area contributed by atoms with E-state index in [2.05, 4.69) is 33.0 Å². The van der Waals surface area contributed by atoms with E-state index < -0.39 is 0 Å². The van der Waals surface area contributed by atoms with Crippen LogP contribution >= 0.6 is 0 Å². The largest absolute Gasteiger partial charge is 0.494 e. The van der Waals surface area contributed by atoms with Crippen molar-refractivity contribution in [1.82, 2.24) is 14.8 Å². The molecule has 3 heterocycles. The van der Waals surface area contributed by atoms with E-state index in [-0.39, 0.29) is 11.6 Å². The molecular weight excluding hydrogens is 345 g/mol. The van der Waals surface area contributed by atoms with Crippen LogP contribution in [0.3, 0.4) is 0 Å². The quantitative estimate of drug-likeness (QED) is 0.580. The van der Waals surface area contributed by atoms with Crippen molar-refractivity contribution in [1.29, 1.82) is 0 Å². The second kappa shape index (κ2) is 6.39. The van der Waals surface area contributed by atoms with E-state index >= 15 is 0 Å². The van der Waals surface area contributed by atoms with Crippen molar-refractivity contribution in [3.05, 3.63) is 54.1 Å². The molecule has 6 heteroatoms. The fraction of sp³-hybridized carbons (Fsp3) is 0.286. The number of hydrogen-bond acceptors (Lipinski definition) is 3. The molecule has 2 aromatic heterocycles. The van der Waals surface area contributed by atoms with Crippen LogP contribution in [0.2, 0.25) is 0 Å². The van der Waals surface area contributed by atoms with Crippen molar-refractivity contribution in [3.8, 4) is 11.4 Å². The Balaban J connectivity index is 1.78. The van der Waals surface area contributed by atoms with Gasteiger partial charge in [0, 0.05) is 47.4 Å². The molecule has 5 nitrogen and oxygen atoms in total. The predicted octanol–water partition coefficient (Wildman–Crippen LogP) is 4.55. The minimum absolute atomic E-state index is 0.247. The third-order valence-corrected chi connectivity index (χ3v) is 5.42. The smallest absolute Gasteiger partial charge is 0.165 e. The van der Waals surface area contributed by atoms with Gasteiger partial charge in [0.2, 0.25) is 0 Å². The fourth-order valence-corrected chi connectivity index (χ4v) is 4.04. The summed E-state index contributed by atoms with van der Waals surface area (Å²) in [6.45, 7) is 1.54. The van der Waals surface area contributed by atoms with Crippen molar-refractivity contribution in [2.45, 2.75) is 18.8 Å². The second-order valence-electron chi connectivity index (χ2n) is 6.98. The Kier molecular flexibility index (Phi) is 3.86. The molecule has 0 aliphatic carbocycles. The van der Waals surface area contributed by atoms with Gasteiger partial charge in [-0.2, -0.15) is 5.10 Å². The Bertz CT molecular complexity index is 1130. The van der Waals surface area contributed by atoms with Gasteiger partial charge in [-0.1, -0.05) is 0 Å². The Morgan fingerprint density at radius 1 is 1.15 bits per heavy atom. The Morgan fingerprint density at radius 2 is 2.00 bits per heavy atom. The predicted molar refractivity (Wildman–Crippen MR) is 102 cm³/mol. The highest BCUT2D eigenvalue weighted by molar-refractivity contribution is 5.96. The molecule has 4 aromatic rings. The lowest BCUT2D eigenvalue weighted by Gasteiger charge is -2.24. The maximum atomic E-state index is 14.0. The van der Waals surface area contributed by atoms with Crippen LogP contribution in [-0.4, -0.2) is 35.1 Å². The zero-order chi connectivity index (χ0) is 18.4. The summed E-state index contributed by atoms with van der Waals surface area (Å²) < 4.78 is 27.0. The summed E-state index contributed by atoms with van der Waals surface area (Å²) in [5.41, 5.74) is 4.21. The number of fused-ring (bicyclic) bond motifs is 2. The van der Waals surface area contributed by atoms with Crippen molar-refractivity contribution in [3.63, 3.8) is 0 Å². The first-order chi connectivity index (χ1) is 13.2. The molecule has 1 fully saturated rings. The normalized spacial score (nSPS) is 15.6. The lowest BCUT2D eigenvalue weighted by molar-refractivity contribution is 0.0842. The maximum Gasteiger partial charge on any atom is 0.165 e. The Labute approximate surface area is 155 Å². The van der Waals surface area contributed by atoms with Gasteiger partial charge in [-0.3, -0.25) is 5.10 Å². The zero-order valence-corrected chi connectivity index (χ0v) is 15.0. The van der Waals surface area contributed by atoms with E-state index in [9.17, 15) is 4.39 Å². The number of H-pyrrole nitrogens is 1. The lowest BCUT2D eigenvalue weighted by atomic mass is 9.96. The minimum atomic E-state index is -0.359. The van der Waals surface area contributed by atoms with Crippen LogP contribution in [0, 0.1) is 5.82 Å². The molecule has 2 aromatic carbocycles. The van der Waals surface area contributed by atoms with Gasteiger partial charge in [0.25, 0.3) is 0 Å². The molecule has 27 heavy (non-hydrogen) atoms. The summed E-state index contributed by atoms with van der Waals surface area (Å²) in [5.74, 6) is 0.290. The summed E-state index contributed by atoms with van der Waals surface area (Å²) in [7, 11) is 1.49. The Hall–Kier alpha value is -2.86. The van der Waals surface area contributed by atoms with Gasteiger partial charge in [-0.15, -0.1) is 0 Å². The van der Waals surface area contributed by atoms with E-state index in [4.69, 9.17) is 9.47 Å². The molecule has 0 saturated carbocycles. The van der Waals surface area contributed by atoms with E-state index in [1.807, 2.05) is 6.20 Å². The number of nitrogens with zero attached hydrogens (tertiary/aromatic N) is 2. The second-order valence-corrected chi connectivity index (χ2v) is 6.98. The first kappa shape index (κ1) is 16.3. The fourth-order valence-electron chi connectivity index (χ4n) is 4.04. The number of ether oxygens (including phenoxy) is 2. The maximum absolute atomic E-state index is 14.0. The van der Waals surface area contributed by atoms with Gasteiger partial charge in [0.1, 0.15) is 0 Å². The van der Waals surface area contributed by atoms with Crippen molar-refractivity contribution < 1.29 is 13.9 Å². The number of methoxy groups -OCH3 is 1. The SMILES string of the molecule is COc1cc(-n2c(C3CCOCC3)cc3cc4[nH]ncc4cc32)ccc1F. The van der Waals surface area contributed by atoms with Crippen molar-refractivity contribution in [2.24, 2.45) is 0 Å². The number of aromatic amines is 1. The first-order valence-electron chi connectivity index (χ1n) is 9.15. The summed E-state index contributed by atoms with van der Waals surface area (Å²) in [4.78, 5) is 0. The molecule has 1 saturated heterocycles. The molecule has 1 aliphatic rings. The topological polar surface area (TPSA) is 52.1 Å². The number of aromatic nitrogens is 3. The summed E-state index contributed by atoms with van der Waals surface area (Å²) in [6, 6.07) is 11.5. The minimum Gasteiger partial charge on any atom is -0.494 e. The van der Waals surface area contributed by atoms with Crippen molar-refractivity contribution >= 4 is 21.8 Å².